The van der Waals surface area contributed by atoms with Crippen molar-refractivity contribution >= 4 is 16.9 Å². The summed E-state index contributed by atoms with van der Waals surface area (Å²) in [6.07, 6.45) is 6.19. The minimum absolute atomic E-state index is 0.262. The van der Waals surface area contributed by atoms with Gasteiger partial charge in [-0.05, 0) is 12.8 Å². The first-order valence-electron chi connectivity index (χ1n) is 6.10. The van der Waals surface area contributed by atoms with Gasteiger partial charge >= 0.3 is 0 Å². The van der Waals surface area contributed by atoms with Gasteiger partial charge in [0.25, 0.3) is 0 Å². The number of rotatable bonds is 4. The fourth-order valence-corrected chi connectivity index (χ4v) is 3.28. The molecule has 1 aliphatic rings. The number of aryl methyl sites for hydroxylation is 1. The van der Waals surface area contributed by atoms with Gasteiger partial charge in [0.1, 0.15) is 0 Å². The Bertz CT molecular complexity index is 406. The van der Waals surface area contributed by atoms with Gasteiger partial charge in [0.15, 0.2) is 5.17 Å². The van der Waals surface area contributed by atoms with E-state index in [1.54, 1.807) is 0 Å². The predicted molar refractivity (Wildman–Crippen MR) is 73.3 cm³/mol. The Hall–Kier alpha value is -0.970. The number of thioether (sulfide) groups is 1. The minimum Gasteiger partial charge on any atom is -0.359 e. The maximum Gasteiger partial charge on any atom is 0.157 e. The quantitative estimate of drug-likeness (QED) is 0.893. The Morgan fingerprint density at radius 3 is 2.82 bits per heavy atom. The molecule has 0 atom stereocenters. The van der Waals surface area contributed by atoms with Gasteiger partial charge in [0.05, 0.1) is 12.7 Å². The van der Waals surface area contributed by atoms with Crippen molar-refractivity contribution in [2.75, 3.05) is 5.75 Å². The average molecular weight is 252 g/mol. The van der Waals surface area contributed by atoms with Crippen LogP contribution in [0.3, 0.4) is 0 Å². The van der Waals surface area contributed by atoms with Crippen LogP contribution in [-0.4, -0.2) is 26.2 Å². The summed E-state index contributed by atoms with van der Waals surface area (Å²) in [5.74, 6) is 1.13. The van der Waals surface area contributed by atoms with E-state index in [0.29, 0.717) is 6.54 Å². The minimum atomic E-state index is 0.262. The van der Waals surface area contributed by atoms with E-state index >= 15 is 0 Å². The van der Waals surface area contributed by atoms with E-state index in [4.69, 9.17) is 0 Å². The standard InChI is InChI=1S/C12H20N4S/c1-4-12(5-2)9-17-11(15-12)13-6-10-7-14-16(3)8-10/h7-8H,4-6,9H2,1-3H3,(H,13,15). The number of hydrogen-bond donors (Lipinski definition) is 1. The maximum absolute atomic E-state index is 4.61. The van der Waals surface area contributed by atoms with Crippen LogP contribution >= 0.6 is 11.8 Å². The Morgan fingerprint density at radius 1 is 1.53 bits per heavy atom. The highest BCUT2D eigenvalue weighted by molar-refractivity contribution is 8.14. The molecule has 1 fully saturated rings. The molecular weight excluding hydrogens is 232 g/mol. The third kappa shape index (κ3) is 2.83. The van der Waals surface area contributed by atoms with Crippen molar-refractivity contribution in [3.8, 4) is 0 Å². The fraction of sp³-hybridized carbons (Fsp3) is 0.667. The van der Waals surface area contributed by atoms with Crippen LogP contribution in [0.5, 0.6) is 0 Å². The van der Waals surface area contributed by atoms with Gasteiger partial charge in [-0.1, -0.05) is 25.6 Å². The molecular formula is C12H20N4S. The molecule has 5 heteroatoms. The monoisotopic (exact) mass is 252 g/mol. The van der Waals surface area contributed by atoms with Crippen molar-refractivity contribution in [3.63, 3.8) is 0 Å². The molecule has 0 aromatic carbocycles. The van der Waals surface area contributed by atoms with Crippen LogP contribution < -0.4 is 5.32 Å². The van der Waals surface area contributed by atoms with Gasteiger partial charge < -0.3 is 5.32 Å². The average Bonchev–Trinajstić information content (AvgIpc) is 2.93. The lowest BCUT2D eigenvalue weighted by Gasteiger charge is -2.25. The first kappa shape index (κ1) is 12.5. The molecule has 4 nitrogen and oxygen atoms in total. The van der Waals surface area contributed by atoms with Gasteiger partial charge in [-0.25, -0.2) is 0 Å². The summed E-state index contributed by atoms with van der Waals surface area (Å²) >= 11 is 1.84. The van der Waals surface area contributed by atoms with Crippen molar-refractivity contribution in [2.24, 2.45) is 12.0 Å². The van der Waals surface area contributed by atoms with Crippen molar-refractivity contribution in [1.82, 2.24) is 15.1 Å². The lowest BCUT2D eigenvalue weighted by Crippen LogP contribution is -2.42. The summed E-state index contributed by atoms with van der Waals surface area (Å²) in [4.78, 5) is 4.61. The molecule has 1 aliphatic heterocycles. The van der Waals surface area contributed by atoms with Gasteiger partial charge in [0.2, 0.25) is 0 Å². The van der Waals surface area contributed by atoms with E-state index in [0.717, 1.165) is 29.3 Å². The van der Waals surface area contributed by atoms with Crippen LogP contribution in [0.4, 0.5) is 0 Å². The van der Waals surface area contributed by atoms with E-state index in [9.17, 15) is 0 Å². The zero-order valence-electron chi connectivity index (χ0n) is 10.7. The van der Waals surface area contributed by atoms with Crippen LogP contribution in [0.1, 0.15) is 32.3 Å². The van der Waals surface area contributed by atoms with E-state index in [-0.39, 0.29) is 5.54 Å². The topological polar surface area (TPSA) is 42.2 Å². The third-order valence-corrected chi connectivity index (χ3v) is 4.58. The van der Waals surface area contributed by atoms with Crippen molar-refractivity contribution in [3.05, 3.63) is 18.0 Å². The number of amidine groups is 1. The van der Waals surface area contributed by atoms with Gasteiger partial charge in [-0.3, -0.25) is 9.67 Å². The molecule has 2 rings (SSSR count). The molecule has 17 heavy (non-hydrogen) atoms. The van der Waals surface area contributed by atoms with Crippen molar-refractivity contribution < 1.29 is 0 Å². The first-order chi connectivity index (χ1) is 8.17. The van der Waals surface area contributed by atoms with Crippen LogP contribution in [0.15, 0.2) is 17.4 Å². The molecule has 0 spiro atoms. The summed E-state index contributed by atoms with van der Waals surface area (Å²) in [6.45, 7) is 5.19. The highest BCUT2D eigenvalue weighted by Gasteiger charge is 2.33. The van der Waals surface area contributed by atoms with Crippen LogP contribution in [0.2, 0.25) is 0 Å². The third-order valence-electron chi connectivity index (χ3n) is 3.37. The molecule has 1 aromatic rings. The maximum atomic E-state index is 4.61. The molecule has 2 heterocycles. The number of hydrogen-bond acceptors (Lipinski definition) is 3. The molecule has 0 radical (unpaired) electrons. The van der Waals surface area contributed by atoms with Gasteiger partial charge in [-0.2, -0.15) is 5.10 Å². The molecule has 0 aliphatic carbocycles. The normalized spacial score (nSPS) is 20.8. The zero-order valence-corrected chi connectivity index (χ0v) is 11.5. The second kappa shape index (κ2) is 5.12. The van der Waals surface area contributed by atoms with Crippen molar-refractivity contribution in [2.45, 2.75) is 38.8 Å². The van der Waals surface area contributed by atoms with Gasteiger partial charge in [0, 0.05) is 30.1 Å². The second-order valence-corrected chi connectivity index (χ2v) is 5.51. The molecule has 94 valence electrons. The Labute approximate surface area is 107 Å². The van der Waals surface area contributed by atoms with E-state index in [1.165, 1.54) is 0 Å². The Balaban J connectivity index is 1.96. The van der Waals surface area contributed by atoms with Gasteiger partial charge in [-0.15, -0.1) is 0 Å². The second-order valence-electron chi connectivity index (χ2n) is 4.54. The smallest absolute Gasteiger partial charge is 0.157 e. The Morgan fingerprint density at radius 2 is 2.29 bits per heavy atom. The van der Waals surface area contributed by atoms with Crippen LogP contribution in [-0.2, 0) is 13.6 Å². The molecule has 1 N–H and O–H groups in total. The lowest BCUT2D eigenvalue weighted by molar-refractivity contribution is 0.407. The highest BCUT2D eigenvalue weighted by atomic mass is 32.2. The summed E-state index contributed by atoms with van der Waals surface area (Å²) < 4.78 is 1.81. The van der Waals surface area contributed by atoms with Crippen LogP contribution in [0, 0.1) is 0 Å². The summed E-state index contributed by atoms with van der Waals surface area (Å²) in [5.41, 5.74) is 1.42. The number of nitrogens with zero attached hydrogens (tertiary/aromatic N) is 3. The van der Waals surface area contributed by atoms with E-state index in [1.807, 2.05) is 35.9 Å². The molecule has 0 saturated carbocycles. The summed E-state index contributed by atoms with van der Waals surface area (Å²) in [6, 6.07) is 0. The highest BCUT2D eigenvalue weighted by Crippen LogP contribution is 2.29. The van der Waals surface area contributed by atoms with Crippen molar-refractivity contribution in [1.29, 1.82) is 0 Å². The SMILES string of the molecule is CCC1(CC)CSC(=NCc2cnn(C)c2)N1. The first-order valence-corrected chi connectivity index (χ1v) is 7.09. The van der Waals surface area contributed by atoms with E-state index < -0.39 is 0 Å². The number of nitrogens with one attached hydrogen (secondary N) is 1. The number of aliphatic imine (C=N–C) groups is 1. The fourth-order valence-electron chi connectivity index (χ4n) is 1.94. The Kier molecular flexibility index (Phi) is 3.76. The van der Waals surface area contributed by atoms with E-state index in [2.05, 4.69) is 29.3 Å². The molecule has 0 bridgehead atoms. The predicted octanol–water partition coefficient (Wildman–Crippen LogP) is 2.17. The summed E-state index contributed by atoms with van der Waals surface area (Å²) in [5, 5.41) is 8.79. The number of aromatic nitrogens is 2. The molecule has 1 aromatic heterocycles. The zero-order chi connectivity index (χ0) is 12.3. The van der Waals surface area contributed by atoms with Crippen LogP contribution in [0.25, 0.3) is 0 Å². The summed E-state index contributed by atoms with van der Waals surface area (Å²) in [7, 11) is 1.93. The largest absolute Gasteiger partial charge is 0.359 e. The molecule has 0 amide bonds. The molecule has 0 unspecified atom stereocenters. The molecule has 1 saturated heterocycles. The lowest BCUT2D eigenvalue weighted by atomic mass is 9.96.